The van der Waals surface area contributed by atoms with Gasteiger partial charge >= 0.3 is 0 Å². The predicted octanol–water partition coefficient (Wildman–Crippen LogP) is 1.74. The molecule has 19 heavy (non-hydrogen) atoms. The van der Waals surface area contributed by atoms with Crippen molar-refractivity contribution in [2.24, 2.45) is 5.92 Å². The Labute approximate surface area is 115 Å². The van der Waals surface area contributed by atoms with Gasteiger partial charge in [-0.1, -0.05) is 13.0 Å². The van der Waals surface area contributed by atoms with Crippen LogP contribution in [0.25, 0.3) is 0 Å². The molecule has 106 valence electrons. The predicted molar refractivity (Wildman–Crippen MR) is 76.5 cm³/mol. The molecule has 1 atom stereocenters. The summed E-state index contributed by atoms with van der Waals surface area (Å²) in [7, 11) is -1.46. The van der Waals surface area contributed by atoms with Crippen LogP contribution in [-0.4, -0.2) is 32.9 Å². The summed E-state index contributed by atoms with van der Waals surface area (Å²) in [6, 6.07) is 5.40. The van der Waals surface area contributed by atoms with Gasteiger partial charge in [-0.3, -0.25) is 0 Å². The molecule has 0 aromatic heterocycles. The third-order valence-electron chi connectivity index (χ3n) is 3.71. The van der Waals surface area contributed by atoms with E-state index in [0.29, 0.717) is 30.4 Å². The van der Waals surface area contributed by atoms with E-state index in [0.717, 1.165) is 17.5 Å². The number of nitrogens with zero attached hydrogens (tertiary/aromatic N) is 1. The average Bonchev–Trinajstić information content (AvgIpc) is 2.79. The molecule has 5 heteroatoms. The molecule has 1 aromatic rings. The second-order valence-corrected chi connectivity index (χ2v) is 7.31. The SMILES string of the molecule is CNCc1cc(S(=O)(=O)N2CCC(C)C2)ccc1C. The highest BCUT2D eigenvalue weighted by Crippen LogP contribution is 2.25. The normalized spacial score (nSPS) is 20.9. The first-order valence-corrected chi connectivity index (χ1v) is 8.13. The van der Waals surface area contributed by atoms with Crippen LogP contribution < -0.4 is 5.32 Å². The maximum absolute atomic E-state index is 12.6. The van der Waals surface area contributed by atoms with Gasteiger partial charge < -0.3 is 5.32 Å². The van der Waals surface area contributed by atoms with Gasteiger partial charge in [0.25, 0.3) is 0 Å². The van der Waals surface area contributed by atoms with Gasteiger partial charge in [-0.15, -0.1) is 0 Å². The van der Waals surface area contributed by atoms with Gasteiger partial charge in [-0.05, 0) is 49.6 Å². The van der Waals surface area contributed by atoms with Crippen LogP contribution in [-0.2, 0) is 16.6 Å². The minimum Gasteiger partial charge on any atom is -0.316 e. The lowest BCUT2D eigenvalue weighted by Crippen LogP contribution is -2.28. The third-order valence-corrected chi connectivity index (χ3v) is 5.57. The van der Waals surface area contributed by atoms with Crippen LogP contribution in [0, 0.1) is 12.8 Å². The van der Waals surface area contributed by atoms with Crippen molar-refractivity contribution in [3.8, 4) is 0 Å². The standard InChI is InChI=1S/C14H22N2O2S/c1-11-6-7-16(10-11)19(17,18)14-5-4-12(2)13(8-14)9-15-3/h4-5,8,11,15H,6-7,9-10H2,1-3H3. The first kappa shape index (κ1) is 14.5. The number of sulfonamides is 1. The summed E-state index contributed by atoms with van der Waals surface area (Å²) in [6.07, 6.45) is 0.953. The zero-order valence-electron chi connectivity index (χ0n) is 11.8. The molecule has 0 radical (unpaired) electrons. The van der Waals surface area contributed by atoms with Crippen molar-refractivity contribution < 1.29 is 8.42 Å². The quantitative estimate of drug-likeness (QED) is 0.915. The molecule has 1 saturated heterocycles. The molecule has 4 nitrogen and oxygen atoms in total. The molecular weight excluding hydrogens is 260 g/mol. The fourth-order valence-corrected chi connectivity index (χ4v) is 4.08. The Morgan fingerprint density at radius 3 is 2.74 bits per heavy atom. The Bertz CT molecular complexity index is 555. The Morgan fingerprint density at radius 2 is 2.16 bits per heavy atom. The van der Waals surface area contributed by atoms with Crippen LogP contribution >= 0.6 is 0 Å². The largest absolute Gasteiger partial charge is 0.316 e. The summed E-state index contributed by atoms with van der Waals surface area (Å²) in [4.78, 5) is 0.414. The lowest BCUT2D eigenvalue weighted by atomic mass is 10.1. The molecule has 1 N–H and O–H groups in total. The van der Waals surface area contributed by atoms with Gasteiger partial charge in [0.15, 0.2) is 0 Å². The van der Waals surface area contributed by atoms with Crippen LogP contribution in [0.2, 0.25) is 0 Å². The van der Waals surface area contributed by atoms with Crippen molar-refractivity contribution in [2.75, 3.05) is 20.1 Å². The molecule has 0 spiro atoms. The Balaban J connectivity index is 2.33. The number of nitrogens with one attached hydrogen (secondary N) is 1. The second kappa shape index (κ2) is 5.61. The summed E-state index contributed by atoms with van der Waals surface area (Å²) >= 11 is 0. The van der Waals surface area contributed by atoms with Crippen molar-refractivity contribution in [3.05, 3.63) is 29.3 Å². The van der Waals surface area contributed by atoms with Crippen LogP contribution in [0.15, 0.2) is 23.1 Å². The molecule has 1 aliphatic rings. The Morgan fingerprint density at radius 1 is 1.42 bits per heavy atom. The zero-order valence-corrected chi connectivity index (χ0v) is 12.6. The average molecular weight is 282 g/mol. The van der Waals surface area contributed by atoms with Crippen LogP contribution in [0.3, 0.4) is 0 Å². The van der Waals surface area contributed by atoms with Gasteiger partial charge in [-0.2, -0.15) is 4.31 Å². The van der Waals surface area contributed by atoms with Crippen LogP contribution in [0.1, 0.15) is 24.5 Å². The van der Waals surface area contributed by atoms with E-state index < -0.39 is 10.0 Å². The van der Waals surface area contributed by atoms with Crippen molar-refractivity contribution in [2.45, 2.75) is 31.7 Å². The summed E-state index contributed by atoms with van der Waals surface area (Å²) in [5.74, 6) is 0.456. The van der Waals surface area contributed by atoms with E-state index in [1.54, 1.807) is 16.4 Å². The number of benzene rings is 1. The summed E-state index contributed by atoms with van der Waals surface area (Å²) in [5, 5.41) is 3.07. The van der Waals surface area contributed by atoms with E-state index in [-0.39, 0.29) is 0 Å². The molecule has 1 unspecified atom stereocenters. The fraction of sp³-hybridized carbons (Fsp3) is 0.571. The Hall–Kier alpha value is -0.910. The van der Waals surface area contributed by atoms with E-state index in [2.05, 4.69) is 12.2 Å². The van der Waals surface area contributed by atoms with Gasteiger partial charge in [-0.25, -0.2) is 8.42 Å². The van der Waals surface area contributed by atoms with E-state index in [1.165, 1.54) is 0 Å². The second-order valence-electron chi connectivity index (χ2n) is 5.38. The summed E-state index contributed by atoms with van der Waals surface area (Å²) < 4.78 is 26.7. The first-order valence-electron chi connectivity index (χ1n) is 6.69. The molecule has 1 aromatic carbocycles. The van der Waals surface area contributed by atoms with Gasteiger partial charge in [0, 0.05) is 19.6 Å². The topological polar surface area (TPSA) is 49.4 Å². The van der Waals surface area contributed by atoms with Crippen molar-refractivity contribution in [1.29, 1.82) is 0 Å². The highest BCUT2D eigenvalue weighted by Gasteiger charge is 2.30. The van der Waals surface area contributed by atoms with Crippen molar-refractivity contribution >= 4 is 10.0 Å². The molecule has 1 heterocycles. The maximum atomic E-state index is 12.6. The molecule has 0 saturated carbocycles. The zero-order chi connectivity index (χ0) is 14.0. The van der Waals surface area contributed by atoms with Crippen molar-refractivity contribution in [3.63, 3.8) is 0 Å². The minimum absolute atomic E-state index is 0.414. The smallest absolute Gasteiger partial charge is 0.243 e. The minimum atomic E-state index is -3.32. The molecule has 2 rings (SSSR count). The monoisotopic (exact) mass is 282 g/mol. The lowest BCUT2D eigenvalue weighted by molar-refractivity contribution is 0.464. The molecule has 1 aliphatic heterocycles. The van der Waals surface area contributed by atoms with Gasteiger partial charge in [0.05, 0.1) is 4.90 Å². The molecule has 0 bridgehead atoms. The lowest BCUT2D eigenvalue weighted by Gasteiger charge is -2.17. The van der Waals surface area contributed by atoms with Crippen molar-refractivity contribution in [1.82, 2.24) is 9.62 Å². The number of hydrogen-bond donors (Lipinski definition) is 1. The Kier molecular flexibility index (Phi) is 4.28. The first-order chi connectivity index (χ1) is 8.95. The highest BCUT2D eigenvalue weighted by molar-refractivity contribution is 7.89. The summed E-state index contributed by atoms with van der Waals surface area (Å²) in [6.45, 7) is 6.06. The number of aryl methyl sites for hydroxylation is 1. The molecule has 0 amide bonds. The third kappa shape index (κ3) is 2.99. The molecular formula is C14H22N2O2S. The van der Waals surface area contributed by atoms with E-state index in [4.69, 9.17) is 0 Å². The van der Waals surface area contributed by atoms with E-state index in [1.807, 2.05) is 20.0 Å². The van der Waals surface area contributed by atoms with Gasteiger partial charge in [0.1, 0.15) is 0 Å². The molecule has 1 fully saturated rings. The maximum Gasteiger partial charge on any atom is 0.243 e. The summed E-state index contributed by atoms with van der Waals surface area (Å²) in [5.41, 5.74) is 2.15. The van der Waals surface area contributed by atoms with E-state index in [9.17, 15) is 8.42 Å². The van der Waals surface area contributed by atoms with Crippen LogP contribution in [0.4, 0.5) is 0 Å². The van der Waals surface area contributed by atoms with Crippen LogP contribution in [0.5, 0.6) is 0 Å². The highest BCUT2D eigenvalue weighted by atomic mass is 32.2. The number of rotatable bonds is 4. The molecule has 0 aliphatic carbocycles. The number of hydrogen-bond acceptors (Lipinski definition) is 3. The fourth-order valence-electron chi connectivity index (χ4n) is 2.45. The van der Waals surface area contributed by atoms with Gasteiger partial charge in [0.2, 0.25) is 10.0 Å². The van der Waals surface area contributed by atoms with E-state index >= 15 is 0 Å².